The maximum Gasteiger partial charge on any atom is 0.193 e. The number of carbonyl (C=O) groups excluding carboxylic acids is 2. The van der Waals surface area contributed by atoms with Gasteiger partial charge in [-0.1, -0.05) is 189 Å². The van der Waals surface area contributed by atoms with Crippen molar-refractivity contribution in [3.8, 4) is 22.3 Å². The van der Waals surface area contributed by atoms with Gasteiger partial charge in [0, 0.05) is 27.7 Å². The molecule has 0 radical (unpaired) electrons. The van der Waals surface area contributed by atoms with E-state index in [1.165, 1.54) is 92.5 Å². The fourth-order valence-corrected chi connectivity index (χ4v) is 12.8. The molecule has 0 amide bonds. The van der Waals surface area contributed by atoms with Gasteiger partial charge in [0.05, 0.1) is 5.41 Å². The molecule has 0 heterocycles. The predicted octanol–water partition coefficient (Wildman–Crippen LogP) is 13.6. The highest BCUT2D eigenvalue weighted by Gasteiger charge is 2.58. The van der Waals surface area contributed by atoms with Gasteiger partial charge in [-0.25, -0.2) is 0 Å². The van der Waals surface area contributed by atoms with E-state index in [-0.39, 0.29) is 17.0 Å². The predicted molar refractivity (Wildman–Crippen MR) is 246 cm³/mol. The number of rotatable bonds is 6. The highest BCUT2D eigenvalue weighted by molar-refractivity contribution is 6.12. The Kier molecular flexibility index (Phi) is 7.85. The van der Waals surface area contributed by atoms with Gasteiger partial charge < -0.3 is 0 Å². The van der Waals surface area contributed by atoms with Crippen LogP contribution in [0.15, 0.2) is 188 Å². The fraction of sp³-hybridized carbons (Fsp3) is 0.153. The molecule has 3 unspecified atom stereocenters. The molecule has 12 rings (SSSR count). The molecule has 61 heavy (non-hydrogen) atoms. The Hall–Kier alpha value is -6.90. The van der Waals surface area contributed by atoms with Crippen LogP contribution in [-0.2, 0) is 10.8 Å². The standard InChI is InChI=1S/C59H44O2/c1-3-4-15-41-36(2)58(49-21-10-5-16-42(41)49)50-22-11-6-19-45(50)47-32-30-39(34-54(47)58)56(60)37-26-28-38(29-27-37)57(61)40-31-33-48-46-20-9-14-25-53(46)59(55(48)35-40)51-23-12-7-17-43(51)44-18-8-13-24-52(44)59/h3-5,7-10,12-18,20-21,23-35,45,50H,1,6,11,19,22H2,2H3/b15-4-. The fourth-order valence-electron chi connectivity index (χ4n) is 12.8. The molecule has 7 aromatic carbocycles. The summed E-state index contributed by atoms with van der Waals surface area (Å²) in [5.41, 5.74) is 19.4. The van der Waals surface area contributed by atoms with Gasteiger partial charge in [0.2, 0.25) is 0 Å². The zero-order valence-corrected chi connectivity index (χ0v) is 34.2. The third-order valence-corrected chi connectivity index (χ3v) is 15.2. The largest absolute Gasteiger partial charge is 0.289 e. The van der Waals surface area contributed by atoms with E-state index in [9.17, 15) is 9.59 Å². The van der Waals surface area contributed by atoms with E-state index in [1.807, 2.05) is 48.6 Å². The molecule has 0 saturated heterocycles. The number of ketones is 2. The van der Waals surface area contributed by atoms with Crippen LogP contribution in [0.2, 0.25) is 0 Å². The van der Waals surface area contributed by atoms with Gasteiger partial charge in [-0.2, -0.15) is 0 Å². The second-order valence-corrected chi connectivity index (χ2v) is 17.7. The molecule has 7 aromatic rings. The first-order chi connectivity index (χ1) is 30.0. The Balaban J connectivity index is 0.911. The zero-order valence-electron chi connectivity index (χ0n) is 34.2. The maximum absolute atomic E-state index is 14.5. The molecule has 1 saturated carbocycles. The topological polar surface area (TPSA) is 34.1 Å². The lowest BCUT2D eigenvalue weighted by Crippen LogP contribution is -2.35. The highest BCUT2D eigenvalue weighted by Crippen LogP contribution is 2.67. The molecule has 0 aromatic heterocycles. The van der Waals surface area contributed by atoms with Gasteiger partial charge in [0.1, 0.15) is 0 Å². The van der Waals surface area contributed by atoms with Crippen molar-refractivity contribution >= 4 is 17.1 Å². The molecule has 292 valence electrons. The summed E-state index contributed by atoms with van der Waals surface area (Å²) in [6.45, 7) is 6.28. The van der Waals surface area contributed by atoms with E-state index < -0.39 is 5.41 Å². The summed E-state index contributed by atoms with van der Waals surface area (Å²) in [6, 6.07) is 55.1. The smallest absolute Gasteiger partial charge is 0.193 e. The summed E-state index contributed by atoms with van der Waals surface area (Å²) in [5, 5.41) is 0. The van der Waals surface area contributed by atoms with Crippen LogP contribution in [0, 0.1) is 5.92 Å². The van der Waals surface area contributed by atoms with Crippen molar-refractivity contribution in [1.82, 2.24) is 0 Å². The third-order valence-electron chi connectivity index (χ3n) is 15.2. The molecule has 1 fully saturated rings. The van der Waals surface area contributed by atoms with Crippen molar-refractivity contribution in [2.24, 2.45) is 5.92 Å². The Labute approximate surface area is 357 Å². The van der Waals surface area contributed by atoms with Crippen LogP contribution >= 0.6 is 0 Å². The number of hydrogen-bond donors (Lipinski definition) is 0. The van der Waals surface area contributed by atoms with E-state index in [1.54, 1.807) is 0 Å². The average molecular weight is 785 g/mol. The number of benzene rings is 7. The third kappa shape index (κ3) is 4.68. The Morgan fingerprint density at radius 3 is 1.59 bits per heavy atom. The van der Waals surface area contributed by atoms with E-state index in [2.05, 4.69) is 141 Å². The van der Waals surface area contributed by atoms with Crippen LogP contribution in [-0.4, -0.2) is 11.6 Å². The number of fused-ring (bicyclic) bond motifs is 17. The van der Waals surface area contributed by atoms with Crippen LogP contribution in [0.4, 0.5) is 0 Å². The van der Waals surface area contributed by atoms with Crippen molar-refractivity contribution < 1.29 is 9.59 Å². The second-order valence-electron chi connectivity index (χ2n) is 17.7. The van der Waals surface area contributed by atoms with Gasteiger partial charge in [0.25, 0.3) is 0 Å². The molecule has 0 N–H and O–H groups in total. The van der Waals surface area contributed by atoms with Gasteiger partial charge in [-0.05, 0) is 116 Å². The van der Waals surface area contributed by atoms with Crippen LogP contribution in [0.25, 0.3) is 27.8 Å². The monoisotopic (exact) mass is 784 g/mol. The summed E-state index contributed by atoms with van der Waals surface area (Å²) in [4.78, 5) is 29.0. The summed E-state index contributed by atoms with van der Waals surface area (Å²) in [5.74, 6) is 0.829. The minimum absolute atomic E-state index is 0.0256. The Bertz CT molecular complexity index is 3050. The summed E-state index contributed by atoms with van der Waals surface area (Å²) < 4.78 is 0. The second kappa shape index (κ2) is 13.3. The molecule has 2 nitrogen and oxygen atoms in total. The zero-order chi connectivity index (χ0) is 41.0. The molecular weight excluding hydrogens is 741 g/mol. The minimum Gasteiger partial charge on any atom is -0.289 e. The molecule has 0 bridgehead atoms. The molecular formula is C59H44O2. The van der Waals surface area contributed by atoms with Crippen molar-refractivity contribution in [1.29, 1.82) is 0 Å². The lowest BCUT2D eigenvalue weighted by atomic mass is 9.62. The summed E-state index contributed by atoms with van der Waals surface area (Å²) >= 11 is 0. The van der Waals surface area contributed by atoms with Crippen molar-refractivity contribution in [3.05, 3.63) is 255 Å². The molecule has 2 heteroatoms. The van der Waals surface area contributed by atoms with E-state index in [0.29, 0.717) is 34.1 Å². The SMILES string of the molecule is C=C/C=C\C1=C(C)C2(c3ccccc31)c1cc(C(=O)c3ccc(C(=O)c4ccc5c(c4)C4(c6ccccc6-c6ccccc64)c4ccccc4-5)cc3)ccc1C1CCCCC12. The minimum atomic E-state index is -0.517. The molecule has 5 aliphatic rings. The molecule has 2 spiro atoms. The number of hydrogen-bond acceptors (Lipinski definition) is 2. The molecule has 0 aliphatic heterocycles. The van der Waals surface area contributed by atoms with Crippen LogP contribution in [0.5, 0.6) is 0 Å². The normalized spacial score (nSPS) is 20.5. The first-order valence-corrected chi connectivity index (χ1v) is 21.9. The summed E-state index contributed by atoms with van der Waals surface area (Å²) in [7, 11) is 0. The van der Waals surface area contributed by atoms with E-state index >= 15 is 0 Å². The lowest BCUT2D eigenvalue weighted by Gasteiger charge is -2.40. The van der Waals surface area contributed by atoms with Crippen LogP contribution < -0.4 is 0 Å². The Morgan fingerprint density at radius 1 is 0.525 bits per heavy atom. The molecule has 5 aliphatic carbocycles. The van der Waals surface area contributed by atoms with Crippen molar-refractivity contribution in [2.45, 2.75) is 49.4 Å². The van der Waals surface area contributed by atoms with E-state index in [4.69, 9.17) is 0 Å². The van der Waals surface area contributed by atoms with Crippen molar-refractivity contribution in [2.75, 3.05) is 0 Å². The Morgan fingerprint density at radius 2 is 1.00 bits per heavy atom. The first kappa shape index (κ1) is 36.0. The van der Waals surface area contributed by atoms with Gasteiger partial charge in [-0.15, -0.1) is 0 Å². The first-order valence-electron chi connectivity index (χ1n) is 21.9. The van der Waals surface area contributed by atoms with Gasteiger partial charge in [0.15, 0.2) is 11.6 Å². The maximum atomic E-state index is 14.5. The quantitative estimate of drug-likeness (QED) is 0.124. The molecule has 3 atom stereocenters. The van der Waals surface area contributed by atoms with Crippen LogP contribution in [0.3, 0.4) is 0 Å². The van der Waals surface area contributed by atoms with Gasteiger partial charge in [-0.3, -0.25) is 9.59 Å². The number of carbonyl (C=O) groups is 2. The number of allylic oxidation sites excluding steroid dienone is 5. The van der Waals surface area contributed by atoms with Gasteiger partial charge >= 0.3 is 0 Å². The highest BCUT2D eigenvalue weighted by atomic mass is 16.1. The van der Waals surface area contributed by atoms with Crippen molar-refractivity contribution in [3.63, 3.8) is 0 Å². The average Bonchev–Trinajstić information content (AvgIpc) is 3.98. The lowest BCUT2D eigenvalue weighted by molar-refractivity contribution is 0.102. The van der Waals surface area contributed by atoms with E-state index in [0.717, 1.165) is 11.1 Å². The summed E-state index contributed by atoms with van der Waals surface area (Å²) in [6.07, 6.45) is 10.9. The van der Waals surface area contributed by atoms with Crippen LogP contribution in [0.1, 0.15) is 115 Å².